The summed E-state index contributed by atoms with van der Waals surface area (Å²) < 4.78 is 6.12. The number of carbonyl (C=O) groups excluding carboxylic acids is 5. The molecule has 11 heteroatoms. The van der Waals surface area contributed by atoms with Crippen molar-refractivity contribution in [2.24, 2.45) is 5.41 Å². The predicted octanol–water partition coefficient (Wildman–Crippen LogP) is 5.79. The summed E-state index contributed by atoms with van der Waals surface area (Å²) in [4.78, 5) is 66.8. The van der Waals surface area contributed by atoms with E-state index in [2.05, 4.69) is 16.0 Å². The van der Waals surface area contributed by atoms with Gasteiger partial charge in [-0.1, -0.05) is 63.4 Å². The number of Topliss-reactive ketones (excluding diaryl/α,β-unsaturated/α-hetero) is 1. The minimum Gasteiger partial charge on any atom is -0.480 e. The number of imide groups is 1. The van der Waals surface area contributed by atoms with Crippen LogP contribution >= 0.6 is 11.6 Å². The molecule has 3 N–H and O–H groups in total. The van der Waals surface area contributed by atoms with E-state index in [0.29, 0.717) is 22.8 Å². The van der Waals surface area contributed by atoms with Crippen molar-refractivity contribution in [3.63, 3.8) is 0 Å². The van der Waals surface area contributed by atoms with Crippen LogP contribution in [0.4, 0.5) is 16.2 Å². The summed E-state index contributed by atoms with van der Waals surface area (Å²) in [6, 6.07) is 7.65. The molecule has 1 aliphatic heterocycles. The zero-order valence-electron chi connectivity index (χ0n) is 26.0. The van der Waals surface area contributed by atoms with Gasteiger partial charge in [0.15, 0.2) is 17.9 Å². The molecule has 1 fully saturated rings. The van der Waals surface area contributed by atoms with Crippen LogP contribution in [0.15, 0.2) is 36.4 Å². The van der Waals surface area contributed by atoms with Crippen molar-refractivity contribution in [1.29, 1.82) is 0 Å². The summed E-state index contributed by atoms with van der Waals surface area (Å²) in [5.74, 6) is -2.01. The molecule has 2 aromatic rings. The van der Waals surface area contributed by atoms with Gasteiger partial charge >= 0.3 is 6.03 Å². The van der Waals surface area contributed by atoms with Crippen molar-refractivity contribution in [3.8, 4) is 5.75 Å². The maximum Gasteiger partial charge on any atom is 0.326 e. The van der Waals surface area contributed by atoms with E-state index < -0.39 is 46.7 Å². The first-order valence-electron chi connectivity index (χ1n) is 14.3. The zero-order valence-corrected chi connectivity index (χ0v) is 26.8. The van der Waals surface area contributed by atoms with E-state index in [0.717, 1.165) is 24.0 Å². The van der Waals surface area contributed by atoms with Crippen LogP contribution in [0.5, 0.6) is 5.75 Å². The Labute approximate surface area is 257 Å². The molecule has 5 amide bonds. The lowest BCUT2D eigenvalue weighted by Gasteiger charge is -2.29. The van der Waals surface area contributed by atoms with E-state index in [1.165, 1.54) is 26.0 Å². The molecule has 1 heterocycles. The highest BCUT2D eigenvalue weighted by Gasteiger charge is 2.53. The molecule has 0 bridgehead atoms. The Morgan fingerprint density at radius 1 is 1.02 bits per heavy atom. The largest absolute Gasteiger partial charge is 0.480 e. The first-order chi connectivity index (χ1) is 20.0. The Morgan fingerprint density at radius 2 is 1.70 bits per heavy atom. The van der Waals surface area contributed by atoms with Gasteiger partial charge in [-0.3, -0.25) is 19.2 Å². The molecule has 2 unspecified atom stereocenters. The number of anilines is 2. The lowest BCUT2D eigenvalue weighted by molar-refractivity contribution is -0.144. The fourth-order valence-electron chi connectivity index (χ4n) is 4.61. The van der Waals surface area contributed by atoms with E-state index in [-0.39, 0.29) is 16.6 Å². The van der Waals surface area contributed by atoms with E-state index in [9.17, 15) is 24.0 Å². The average molecular weight is 613 g/mol. The molecule has 2 aromatic carbocycles. The summed E-state index contributed by atoms with van der Waals surface area (Å²) in [5.41, 5.74) is 0.0633. The summed E-state index contributed by atoms with van der Waals surface area (Å²) in [5, 5.41) is 8.05. The van der Waals surface area contributed by atoms with Gasteiger partial charge in [0.05, 0.1) is 10.7 Å². The van der Waals surface area contributed by atoms with Gasteiger partial charge in [-0.05, 0) is 70.4 Å². The van der Waals surface area contributed by atoms with Gasteiger partial charge in [-0.25, -0.2) is 9.69 Å². The SMILES string of the molecule is CCCCC(Oc1ccc(C)cc1C)C(=O)Nc1ccc(Cl)c(NC(=O)C(C(=O)C(C)(C)C)N2C(=O)NC(C)(C)C2=O)c1. The Balaban J connectivity index is 1.86. The number of carbonyl (C=O) groups is 5. The number of nitrogens with zero attached hydrogens (tertiary/aromatic N) is 1. The summed E-state index contributed by atoms with van der Waals surface area (Å²) in [6.45, 7) is 13.7. The molecule has 0 aliphatic carbocycles. The topological polar surface area (TPSA) is 134 Å². The first kappa shape index (κ1) is 33.6. The monoisotopic (exact) mass is 612 g/mol. The number of rotatable bonds is 11. The molecule has 43 heavy (non-hydrogen) atoms. The average Bonchev–Trinajstić information content (AvgIpc) is 3.10. The Morgan fingerprint density at radius 3 is 2.26 bits per heavy atom. The second-order valence-electron chi connectivity index (χ2n) is 12.4. The number of benzene rings is 2. The van der Waals surface area contributed by atoms with Crippen molar-refractivity contribution >= 4 is 52.5 Å². The van der Waals surface area contributed by atoms with Gasteiger partial charge in [0.25, 0.3) is 17.7 Å². The van der Waals surface area contributed by atoms with Crippen molar-refractivity contribution in [2.45, 2.75) is 92.3 Å². The van der Waals surface area contributed by atoms with Gasteiger partial charge in [0.1, 0.15) is 11.3 Å². The number of amides is 5. The number of urea groups is 1. The molecule has 0 radical (unpaired) electrons. The number of nitrogens with one attached hydrogen (secondary N) is 3. The molecule has 2 atom stereocenters. The highest BCUT2D eigenvalue weighted by Crippen LogP contribution is 2.30. The van der Waals surface area contributed by atoms with Gasteiger partial charge in [0, 0.05) is 11.1 Å². The third kappa shape index (κ3) is 7.93. The summed E-state index contributed by atoms with van der Waals surface area (Å²) in [7, 11) is 0. The first-order valence-corrected chi connectivity index (χ1v) is 14.7. The van der Waals surface area contributed by atoms with Crippen LogP contribution in [-0.4, -0.2) is 52.1 Å². The molecule has 0 spiro atoms. The second-order valence-corrected chi connectivity index (χ2v) is 12.8. The van der Waals surface area contributed by atoms with E-state index >= 15 is 0 Å². The van der Waals surface area contributed by atoms with Gasteiger partial charge in [-0.2, -0.15) is 0 Å². The normalized spacial score (nSPS) is 15.9. The third-order valence-electron chi connectivity index (χ3n) is 7.09. The van der Waals surface area contributed by atoms with Crippen LogP contribution in [-0.2, 0) is 19.2 Å². The minimum absolute atomic E-state index is 0.0860. The van der Waals surface area contributed by atoms with Crippen LogP contribution in [0, 0.1) is 19.3 Å². The van der Waals surface area contributed by atoms with Crippen LogP contribution in [0.25, 0.3) is 0 Å². The molecule has 10 nitrogen and oxygen atoms in total. The number of ether oxygens (including phenoxy) is 1. The van der Waals surface area contributed by atoms with E-state index in [1.54, 1.807) is 26.8 Å². The van der Waals surface area contributed by atoms with Crippen molar-refractivity contribution in [2.75, 3.05) is 10.6 Å². The number of halogens is 1. The fraction of sp³-hybridized carbons (Fsp3) is 0.469. The van der Waals surface area contributed by atoms with Crippen molar-refractivity contribution in [3.05, 3.63) is 52.5 Å². The van der Waals surface area contributed by atoms with Crippen LogP contribution < -0.4 is 20.7 Å². The summed E-state index contributed by atoms with van der Waals surface area (Å²) in [6.07, 6.45) is 1.37. The van der Waals surface area contributed by atoms with E-state index in [4.69, 9.17) is 16.3 Å². The second kappa shape index (κ2) is 13.2. The Hall–Kier alpha value is -3.92. The molecular weight excluding hydrogens is 572 g/mol. The number of ketones is 1. The Kier molecular flexibility index (Phi) is 10.3. The smallest absolute Gasteiger partial charge is 0.326 e. The molecule has 1 saturated heterocycles. The quantitative estimate of drug-likeness (QED) is 0.217. The maximum absolute atomic E-state index is 13.6. The Bertz CT molecular complexity index is 1430. The number of hydrogen-bond donors (Lipinski definition) is 3. The third-order valence-corrected chi connectivity index (χ3v) is 7.42. The molecule has 3 rings (SSSR count). The van der Waals surface area contributed by atoms with Gasteiger partial charge in [-0.15, -0.1) is 0 Å². The zero-order chi connectivity index (χ0) is 32.3. The van der Waals surface area contributed by atoms with E-state index in [1.807, 2.05) is 39.0 Å². The van der Waals surface area contributed by atoms with Crippen LogP contribution in [0.1, 0.15) is 71.9 Å². The lowest BCUT2D eigenvalue weighted by atomic mass is 9.85. The number of hydrogen-bond acceptors (Lipinski definition) is 6. The molecule has 1 aliphatic rings. The van der Waals surface area contributed by atoms with Crippen molar-refractivity contribution in [1.82, 2.24) is 10.2 Å². The number of unbranched alkanes of at least 4 members (excludes halogenated alkanes) is 1. The molecule has 0 aromatic heterocycles. The summed E-state index contributed by atoms with van der Waals surface area (Å²) >= 11 is 6.39. The highest BCUT2D eigenvalue weighted by molar-refractivity contribution is 6.34. The molecule has 0 saturated carbocycles. The minimum atomic E-state index is -1.74. The highest BCUT2D eigenvalue weighted by atomic mass is 35.5. The van der Waals surface area contributed by atoms with Crippen molar-refractivity contribution < 1.29 is 28.7 Å². The predicted molar refractivity (Wildman–Crippen MR) is 166 cm³/mol. The standard InChI is InChI=1S/C32H41ClN4O6/c1-9-10-11-24(43-23-15-12-18(2)16-19(23)3)27(39)34-20-13-14-21(33)22(17-20)35-28(40)25(26(38)31(4,5)6)37-29(41)32(7,8)36-30(37)42/h12-17,24-25H,9-11H2,1-8H3,(H,34,39)(H,35,40)(H,36,42). The maximum atomic E-state index is 13.6. The lowest BCUT2D eigenvalue weighted by Crippen LogP contribution is -2.55. The van der Waals surface area contributed by atoms with Crippen LogP contribution in [0.2, 0.25) is 5.02 Å². The van der Waals surface area contributed by atoms with Crippen LogP contribution in [0.3, 0.4) is 0 Å². The number of aryl methyl sites for hydroxylation is 2. The molecular formula is C32H41ClN4O6. The van der Waals surface area contributed by atoms with Gasteiger partial charge in [0.2, 0.25) is 0 Å². The fourth-order valence-corrected chi connectivity index (χ4v) is 4.78. The molecule has 232 valence electrons. The van der Waals surface area contributed by atoms with Gasteiger partial charge < -0.3 is 20.7 Å².